The topological polar surface area (TPSA) is 73.1 Å². The van der Waals surface area contributed by atoms with Crippen LogP contribution in [0.25, 0.3) is 16.6 Å². The Morgan fingerprint density at radius 1 is 1.28 bits per heavy atom. The van der Waals surface area contributed by atoms with Crippen LogP contribution in [-0.2, 0) is 0 Å². The molecule has 1 aromatic carbocycles. The number of pyridine rings is 1. The SMILES string of the molecule is O=C1CC=C([N+](=O)[O-])c2nc3ccccc3cc21. The number of hydrogen-bond donors (Lipinski definition) is 0. The van der Waals surface area contributed by atoms with E-state index in [0.29, 0.717) is 11.1 Å². The molecule has 0 fully saturated rings. The lowest BCUT2D eigenvalue weighted by molar-refractivity contribution is -0.376. The summed E-state index contributed by atoms with van der Waals surface area (Å²) in [6.45, 7) is 0. The molecule has 2 aromatic rings. The first kappa shape index (κ1) is 10.6. The zero-order chi connectivity index (χ0) is 12.7. The highest BCUT2D eigenvalue weighted by Crippen LogP contribution is 2.28. The predicted octanol–water partition coefficient (Wildman–Crippen LogP) is 2.44. The first-order valence-electron chi connectivity index (χ1n) is 5.45. The van der Waals surface area contributed by atoms with Crippen LogP contribution in [0.2, 0.25) is 0 Å². The number of benzene rings is 1. The molecule has 0 unspecified atom stereocenters. The highest BCUT2D eigenvalue weighted by molar-refractivity contribution is 6.05. The number of allylic oxidation sites excluding steroid dienone is 1. The smallest absolute Gasteiger partial charge is 0.292 e. The van der Waals surface area contributed by atoms with E-state index in [1.165, 1.54) is 6.08 Å². The minimum atomic E-state index is -0.493. The van der Waals surface area contributed by atoms with Gasteiger partial charge in [0, 0.05) is 17.9 Å². The third kappa shape index (κ3) is 1.48. The van der Waals surface area contributed by atoms with Gasteiger partial charge >= 0.3 is 0 Å². The molecule has 18 heavy (non-hydrogen) atoms. The van der Waals surface area contributed by atoms with Gasteiger partial charge in [0.2, 0.25) is 0 Å². The Morgan fingerprint density at radius 2 is 2.06 bits per heavy atom. The van der Waals surface area contributed by atoms with Crippen LogP contribution in [0, 0.1) is 10.1 Å². The summed E-state index contributed by atoms with van der Waals surface area (Å²) in [5.41, 5.74) is 1.08. The van der Waals surface area contributed by atoms with Crippen LogP contribution in [0.15, 0.2) is 36.4 Å². The minimum Gasteiger partial charge on any atom is -0.294 e. The van der Waals surface area contributed by atoms with Crippen LogP contribution >= 0.6 is 0 Å². The lowest BCUT2D eigenvalue weighted by atomic mass is 9.96. The van der Waals surface area contributed by atoms with Gasteiger partial charge in [0.1, 0.15) is 0 Å². The zero-order valence-electron chi connectivity index (χ0n) is 9.29. The number of carbonyl (C=O) groups excluding carboxylic acids is 1. The number of carbonyl (C=O) groups is 1. The Bertz CT molecular complexity index is 719. The summed E-state index contributed by atoms with van der Waals surface area (Å²) in [5, 5.41) is 11.8. The highest BCUT2D eigenvalue weighted by atomic mass is 16.6. The van der Waals surface area contributed by atoms with E-state index in [2.05, 4.69) is 4.98 Å². The Kier molecular flexibility index (Phi) is 2.19. The third-order valence-corrected chi connectivity index (χ3v) is 2.94. The van der Waals surface area contributed by atoms with Crippen molar-refractivity contribution in [3.63, 3.8) is 0 Å². The van der Waals surface area contributed by atoms with Gasteiger partial charge in [-0.2, -0.15) is 0 Å². The molecule has 0 aliphatic heterocycles. The number of aromatic nitrogens is 1. The molecule has 0 saturated carbocycles. The number of nitrogens with zero attached hydrogens (tertiary/aromatic N) is 2. The summed E-state index contributed by atoms with van der Waals surface area (Å²) in [6, 6.07) is 8.93. The largest absolute Gasteiger partial charge is 0.294 e. The molecule has 0 atom stereocenters. The van der Waals surface area contributed by atoms with E-state index < -0.39 is 4.92 Å². The van der Waals surface area contributed by atoms with Gasteiger partial charge in [-0.25, -0.2) is 4.98 Å². The lowest BCUT2D eigenvalue weighted by Crippen LogP contribution is -2.14. The number of para-hydroxylation sites is 1. The maximum absolute atomic E-state index is 11.8. The quantitative estimate of drug-likeness (QED) is 0.566. The van der Waals surface area contributed by atoms with Gasteiger partial charge in [0.25, 0.3) is 5.70 Å². The molecule has 0 N–H and O–H groups in total. The first-order chi connectivity index (χ1) is 8.66. The van der Waals surface area contributed by atoms with Crippen LogP contribution in [0.1, 0.15) is 22.5 Å². The summed E-state index contributed by atoms with van der Waals surface area (Å²) in [6.07, 6.45) is 1.38. The Balaban J connectivity index is 2.34. The minimum absolute atomic E-state index is 0.0589. The number of ketones is 1. The highest BCUT2D eigenvalue weighted by Gasteiger charge is 2.28. The average Bonchev–Trinajstić information content (AvgIpc) is 2.37. The normalized spacial score (nSPS) is 14.2. The molecule has 0 saturated heterocycles. The van der Waals surface area contributed by atoms with Gasteiger partial charge in [0.15, 0.2) is 11.5 Å². The number of hydrogen-bond acceptors (Lipinski definition) is 4. The Labute approximate surface area is 102 Å². The zero-order valence-corrected chi connectivity index (χ0v) is 9.29. The van der Waals surface area contributed by atoms with Crippen molar-refractivity contribution in [2.24, 2.45) is 0 Å². The van der Waals surface area contributed by atoms with Crippen molar-refractivity contribution in [1.82, 2.24) is 4.98 Å². The van der Waals surface area contributed by atoms with E-state index in [0.717, 1.165) is 5.39 Å². The van der Waals surface area contributed by atoms with Crippen molar-refractivity contribution in [2.75, 3.05) is 0 Å². The van der Waals surface area contributed by atoms with E-state index in [-0.39, 0.29) is 23.6 Å². The molecule has 0 radical (unpaired) electrons. The Hall–Kier alpha value is -2.56. The van der Waals surface area contributed by atoms with E-state index >= 15 is 0 Å². The average molecular weight is 240 g/mol. The number of rotatable bonds is 1. The summed E-state index contributed by atoms with van der Waals surface area (Å²) in [5.74, 6) is -0.131. The van der Waals surface area contributed by atoms with Gasteiger partial charge in [-0.1, -0.05) is 18.2 Å². The molecule has 1 aliphatic carbocycles. The van der Waals surface area contributed by atoms with E-state index in [1.807, 2.05) is 18.2 Å². The molecule has 0 amide bonds. The monoisotopic (exact) mass is 240 g/mol. The molecule has 0 bridgehead atoms. The number of nitro groups is 1. The summed E-state index contributed by atoms with van der Waals surface area (Å²) in [7, 11) is 0. The fraction of sp³-hybridized carbons (Fsp3) is 0.0769. The number of fused-ring (bicyclic) bond motifs is 2. The summed E-state index contributed by atoms with van der Waals surface area (Å²) >= 11 is 0. The molecule has 5 nitrogen and oxygen atoms in total. The van der Waals surface area contributed by atoms with Crippen molar-refractivity contribution >= 4 is 22.4 Å². The maximum atomic E-state index is 11.8. The van der Waals surface area contributed by atoms with Gasteiger partial charge in [-0.15, -0.1) is 0 Å². The second-order valence-corrected chi connectivity index (χ2v) is 4.05. The fourth-order valence-electron chi connectivity index (χ4n) is 2.08. The van der Waals surface area contributed by atoms with Gasteiger partial charge in [-0.05, 0) is 12.1 Å². The van der Waals surface area contributed by atoms with Crippen molar-refractivity contribution < 1.29 is 9.72 Å². The van der Waals surface area contributed by atoms with Crippen LogP contribution < -0.4 is 0 Å². The van der Waals surface area contributed by atoms with Gasteiger partial charge in [-0.3, -0.25) is 14.9 Å². The predicted molar refractivity (Wildman–Crippen MR) is 65.7 cm³/mol. The molecule has 1 heterocycles. The van der Waals surface area contributed by atoms with Crippen molar-refractivity contribution in [2.45, 2.75) is 6.42 Å². The van der Waals surface area contributed by atoms with Gasteiger partial charge < -0.3 is 0 Å². The van der Waals surface area contributed by atoms with Gasteiger partial charge in [0.05, 0.1) is 16.0 Å². The van der Waals surface area contributed by atoms with Crippen LogP contribution in [0.4, 0.5) is 0 Å². The molecular formula is C13H8N2O3. The lowest BCUT2D eigenvalue weighted by Gasteiger charge is -2.11. The summed E-state index contributed by atoms with van der Waals surface area (Å²) < 4.78 is 0. The fourth-order valence-corrected chi connectivity index (χ4v) is 2.08. The molecule has 0 spiro atoms. The van der Waals surface area contributed by atoms with Crippen LogP contribution in [-0.4, -0.2) is 15.7 Å². The molecule has 5 heteroatoms. The van der Waals surface area contributed by atoms with Crippen molar-refractivity contribution in [3.05, 3.63) is 57.8 Å². The van der Waals surface area contributed by atoms with Crippen molar-refractivity contribution in [1.29, 1.82) is 0 Å². The molecule has 1 aliphatic rings. The third-order valence-electron chi connectivity index (χ3n) is 2.94. The molecule has 88 valence electrons. The van der Waals surface area contributed by atoms with E-state index in [9.17, 15) is 14.9 Å². The van der Waals surface area contributed by atoms with E-state index in [4.69, 9.17) is 0 Å². The molecular weight excluding hydrogens is 232 g/mol. The standard InChI is InChI=1S/C13H8N2O3/c16-12-6-5-11(15(17)18)13-9(12)7-8-3-1-2-4-10(8)14-13/h1-5,7H,6H2. The Morgan fingerprint density at radius 3 is 2.83 bits per heavy atom. The first-order valence-corrected chi connectivity index (χ1v) is 5.45. The van der Waals surface area contributed by atoms with Crippen LogP contribution in [0.3, 0.4) is 0 Å². The van der Waals surface area contributed by atoms with Crippen LogP contribution in [0.5, 0.6) is 0 Å². The number of Topliss-reactive ketones (excluding diaryl/α,β-unsaturated/α-hetero) is 1. The maximum Gasteiger partial charge on any atom is 0.292 e. The second kappa shape index (κ2) is 3.73. The second-order valence-electron chi connectivity index (χ2n) is 4.05. The molecule has 3 rings (SSSR count). The van der Waals surface area contributed by atoms with E-state index in [1.54, 1.807) is 12.1 Å². The molecule has 1 aromatic heterocycles. The van der Waals surface area contributed by atoms with Crippen molar-refractivity contribution in [3.8, 4) is 0 Å². The summed E-state index contributed by atoms with van der Waals surface area (Å²) in [4.78, 5) is 26.5.